The number of halogens is 2. The summed E-state index contributed by atoms with van der Waals surface area (Å²) in [5.74, 6) is -0.574. The summed E-state index contributed by atoms with van der Waals surface area (Å²) in [6, 6.07) is 6.82. The largest absolute Gasteiger partial charge is 0.486 e. The Hall–Kier alpha value is -2.17. The Morgan fingerprint density at radius 1 is 1.22 bits per heavy atom. The van der Waals surface area contributed by atoms with Crippen LogP contribution in [0.3, 0.4) is 0 Å². The number of anilines is 1. The lowest BCUT2D eigenvalue weighted by molar-refractivity contribution is 0.289. The molecular formula is C13H12F2N2O. The van der Waals surface area contributed by atoms with Crippen LogP contribution in [0.5, 0.6) is 5.75 Å². The molecule has 1 heterocycles. The number of rotatable bonds is 4. The van der Waals surface area contributed by atoms with Crippen molar-refractivity contribution >= 4 is 5.82 Å². The number of nitrogens with one attached hydrogen (secondary N) is 1. The van der Waals surface area contributed by atoms with Gasteiger partial charge >= 0.3 is 0 Å². The molecule has 0 aliphatic rings. The summed E-state index contributed by atoms with van der Waals surface area (Å²) in [5.41, 5.74) is 0.803. The molecule has 0 bridgehead atoms. The minimum Gasteiger partial charge on any atom is -0.486 e. The Morgan fingerprint density at radius 3 is 2.67 bits per heavy atom. The first-order valence-electron chi connectivity index (χ1n) is 5.39. The van der Waals surface area contributed by atoms with Crippen LogP contribution in [0.25, 0.3) is 0 Å². The van der Waals surface area contributed by atoms with E-state index in [0.717, 1.165) is 23.5 Å². The van der Waals surface area contributed by atoms with Crippen molar-refractivity contribution in [1.82, 2.24) is 4.98 Å². The highest BCUT2D eigenvalue weighted by atomic mass is 19.1. The molecule has 0 radical (unpaired) electrons. The van der Waals surface area contributed by atoms with E-state index in [1.54, 1.807) is 19.3 Å². The van der Waals surface area contributed by atoms with Gasteiger partial charge in [-0.15, -0.1) is 0 Å². The molecule has 5 heteroatoms. The van der Waals surface area contributed by atoms with Crippen LogP contribution in [0.4, 0.5) is 14.6 Å². The average Bonchev–Trinajstić information content (AvgIpc) is 2.38. The number of benzene rings is 1. The molecule has 0 aliphatic carbocycles. The number of pyridine rings is 1. The quantitative estimate of drug-likeness (QED) is 0.905. The molecule has 0 atom stereocenters. The third kappa shape index (κ3) is 2.94. The molecule has 1 N–H and O–H groups in total. The predicted molar refractivity (Wildman–Crippen MR) is 64.5 cm³/mol. The number of hydrogen-bond donors (Lipinski definition) is 1. The van der Waals surface area contributed by atoms with Crippen molar-refractivity contribution in [2.45, 2.75) is 6.61 Å². The standard InChI is InChI=1S/C13H12F2N2O/c1-16-13-5-2-9(7-17-13)8-18-12-4-3-10(14)6-11(12)15/h2-7H,8H2,1H3,(H,16,17). The second kappa shape index (κ2) is 5.44. The van der Waals surface area contributed by atoms with E-state index < -0.39 is 11.6 Å². The molecule has 94 valence electrons. The van der Waals surface area contributed by atoms with Gasteiger partial charge in [0.2, 0.25) is 0 Å². The van der Waals surface area contributed by atoms with Gasteiger partial charge < -0.3 is 10.1 Å². The molecule has 0 aliphatic heterocycles. The van der Waals surface area contributed by atoms with E-state index in [4.69, 9.17) is 4.74 Å². The lowest BCUT2D eigenvalue weighted by Gasteiger charge is -2.07. The second-order valence-electron chi connectivity index (χ2n) is 3.67. The minimum absolute atomic E-state index is 0.0223. The second-order valence-corrected chi connectivity index (χ2v) is 3.67. The van der Waals surface area contributed by atoms with Crippen LogP contribution in [-0.4, -0.2) is 12.0 Å². The van der Waals surface area contributed by atoms with Crippen LogP contribution in [0.2, 0.25) is 0 Å². The van der Waals surface area contributed by atoms with Crippen molar-refractivity contribution in [3.63, 3.8) is 0 Å². The summed E-state index contributed by atoms with van der Waals surface area (Å²) in [4.78, 5) is 4.10. The minimum atomic E-state index is -0.713. The predicted octanol–water partition coefficient (Wildman–Crippen LogP) is 2.98. The zero-order valence-corrected chi connectivity index (χ0v) is 9.78. The summed E-state index contributed by atoms with van der Waals surface area (Å²) in [6.07, 6.45) is 1.63. The van der Waals surface area contributed by atoms with E-state index in [1.165, 1.54) is 6.07 Å². The molecule has 0 saturated carbocycles. The molecule has 1 aromatic carbocycles. The molecule has 18 heavy (non-hydrogen) atoms. The Kier molecular flexibility index (Phi) is 3.72. The summed E-state index contributed by atoms with van der Waals surface area (Å²) in [6.45, 7) is 0.180. The van der Waals surface area contributed by atoms with E-state index in [1.807, 2.05) is 6.07 Å². The van der Waals surface area contributed by atoms with Gasteiger partial charge in [-0.25, -0.2) is 13.8 Å². The maximum absolute atomic E-state index is 13.3. The van der Waals surface area contributed by atoms with E-state index >= 15 is 0 Å². The van der Waals surface area contributed by atoms with Gasteiger partial charge in [-0.1, -0.05) is 6.07 Å². The fraction of sp³-hybridized carbons (Fsp3) is 0.154. The maximum atomic E-state index is 13.3. The Balaban J connectivity index is 2.02. The first-order chi connectivity index (χ1) is 8.69. The highest BCUT2D eigenvalue weighted by Gasteiger charge is 2.05. The SMILES string of the molecule is CNc1ccc(COc2ccc(F)cc2F)cn1. The monoisotopic (exact) mass is 250 g/mol. The lowest BCUT2D eigenvalue weighted by Crippen LogP contribution is -1.99. The molecule has 0 unspecified atom stereocenters. The average molecular weight is 250 g/mol. The molecule has 0 spiro atoms. The van der Waals surface area contributed by atoms with Gasteiger partial charge in [-0.3, -0.25) is 0 Å². The zero-order chi connectivity index (χ0) is 13.0. The third-order valence-electron chi connectivity index (χ3n) is 2.37. The summed E-state index contributed by atoms with van der Waals surface area (Å²) >= 11 is 0. The van der Waals surface area contributed by atoms with E-state index in [-0.39, 0.29) is 12.4 Å². The third-order valence-corrected chi connectivity index (χ3v) is 2.37. The normalized spacial score (nSPS) is 10.2. The smallest absolute Gasteiger partial charge is 0.167 e. The van der Waals surface area contributed by atoms with E-state index in [0.29, 0.717) is 0 Å². The number of ether oxygens (including phenoxy) is 1. The van der Waals surface area contributed by atoms with Gasteiger partial charge in [0.05, 0.1) is 0 Å². The highest BCUT2D eigenvalue weighted by Crippen LogP contribution is 2.19. The molecule has 1 aromatic heterocycles. The molecule has 0 saturated heterocycles. The van der Waals surface area contributed by atoms with Crippen molar-refractivity contribution in [3.05, 3.63) is 53.7 Å². The Labute approximate surface area is 103 Å². The fourth-order valence-electron chi connectivity index (χ4n) is 1.41. The first kappa shape index (κ1) is 12.3. The molecule has 3 nitrogen and oxygen atoms in total. The highest BCUT2D eigenvalue weighted by molar-refractivity contribution is 5.34. The van der Waals surface area contributed by atoms with Crippen molar-refractivity contribution in [2.75, 3.05) is 12.4 Å². The number of aromatic nitrogens is 1. The van der Waals surface area contributed by atoms with Crippen molar-refractivity contribution in [1.29, 1.82) is 0 Å². The van der Waals surface area contributed by atoms with Gasteiger partial charge in [0.15, 0.2) is 11.6 Å². The van der Waals surface area contributed by atoms with E-state index in [9.17, 15) is 8.78 Å². The van der Waals surface area contributed by atoms with Crippen molar-refractivity contribution in [2.24, 2.45) is 0 Å². The number of hydrogen-bond acceptors (Lipinski definition) is 3. The summed E-state index contributed by atoms with van der Waals surface area (Å²) in [5, 5.41) is 2.89. The van der Waals surface area contributed by atoms with Crippen LogP contribution < -0.4 is 10.1 Å². The maximum Gasteiger partial charge on any atom is 0.167 e. The van der Waals surface area contributed by atoms with Gasteiger partial charge in [-0.2, -0.15) is 0 Å². The van der Waals surface area contributed by atoms with Gasteiger partial charge in [0.1, 0.15) is 18.2 Å². The molecular weight excluding hydrogens is 238 g/mol. The van der Waals surface area contributed by atoms with Gasteiger partial charge in [-0.05, 0) is 18.2 Å². The molecule has 0 fully saturated rings. The van der Waals surface area contributed by atoms with Gasteiger partial charge in [0, 0.05) is 24.9 Å². The van der Waals surface area contributed by atoms with Crippen molar-refractivity contribution in [3.8, 4) is 5.75 Å². The van der Waals surface area contributed by atoms with Crippen LogP contribution in [-0.2, 0) is 6.61 Å². The van der Waals surface area contributed by atoms with Crippen LogP contribution in [0.1, 0.15) is 5.56 Å². The topological polar surface area (TPSA) is 34.1 Å². The van der Waals surface area contributed by atoms with Gasteiger partial charge in [0.25, 0.3) is 0 Å². The first-order valence-corrected chi connectivity index (χ1v) is 5.39. The van der Waals surface area contributed by atoms with Crippen LogP contribution in [0.15, 0.2) is 36.5 Å². The Morgan fingerprint density at radius 2 is 2.06 bits per heavy atom. The zero-order valence-electron chi connectivity index (χ0n) is 9.78. The lowest BCUT2D eigenvalue weighted by atomic mass is 10.3. The fourth-order valence-corrected chi connectivity index (χ4v) is 1.41. The number of nitrogens with zero attached hydrogens (tertiary/aromatic N) is 1. The Bertz CT molecular complexity index is 529. The molecule has 2 rings (SSSR count). The van der Waals surface area contributed by atoms with E-state index in [2.05, 4.69) is 10.3 Å². The van der Waals surface area contributed by atoms with Crippen LogP contribution >= 0.6 is 0 Å². The summed E-state index contributed by atoms with van der Waals surface area (Å²) in [7, 11) is 1.77. The molecule has 0 amide bonds. The summed E-state index contributed by atoms with van der Waals surface area (Å²) < 4.78 is 31.2. The molecule has 2 aromatic rings. The van der Waals surface area contributed by atoms with Crippen LogP contribution in [0, 0.1) is 11.6 Å². The van der Waals surface area contributed by atoms with Crippen molar-refractivity contribution < 1.29 is 13.5 Å².